The first-order chi connectivity index (χ1) is 10.3. The lowest BCUT2D eigenvalue weighted by atomic mass is 10.1. The minimum atomic E-state index is 0.769. The summed E-state index contributed by atoms with van der Waals surface area (Å²) in [5.41, 5.74) is 0. The maximum atomic E-state index is 5.27. The third kappa shape index (κ3) is 16.9. The summed E-state index contributed by atoms with van der Waals surface area (Å²) < 4.78 is 0. The largest absolute Gasteiger partial charge is 0.303 e. The number of unbranched alkanes of at least 4 members (excludes halogenated alkanes) is 7. The molecule has 0 N–H and O–H groups in total. The predicted octanol–water partition coefficient (Wildman–Crippen LogP) is 6.62. The van der Waals surface area contributed by atoms with Gasteiger partial charge in [-0.25, -0.2) is 0 Å². The Morgan fingerprint density at radius 3 is 1.86 bits per heavy atom. The molecule has 128 valence electrons. The lowest BCUT2D eigenvalue weighted by molar-refractivity contribution is 0.224. The molecular weight excluding hydrogens is 346 g/mol. The van der Waals surface area contributed by atoms with Gasteiger partial charge in [0, 0.05) is 11.2 Å². The van der Waals surface area contributed by atoms with Gasteiger partial charge in [0.05, 0.1) is 0 Å². The minimum absolute atomic E-state index is 0.769. The van der Waals surface area contributed by atoms with Gasteiger partial charge in [0.2, 0.25) is 0 Å². The van der Waals surface area contributed by atoms with Crippen LogP contribution in [-0.4, -0.2) is 35.7 Å². The quantitative estimate of drug-likeness (QED) is 0.286. The van der Waals surface area contributed by atoms with Crippen molar-refractivity contribution < 1.29 is 0 Å². The monoisotopic (exact) mass is 381 g/mol. The van der Waals surface area contributed by atoms with Crippen molar-refractivity contribution in [2.45, 2.75) is 84.0 Å². The van der Waals surface area contributed by atoms with Crippen LogP contribution in [0.15, 0.2) is 0 Å². The normalized spacial score (nSPS) is 15.6. The van der Waals surface area contributed by atoms with Crippen LogP contribution in [0.2, 0.25) is 0 Å². The van der Waals surface area contributed by atoms with E-state index in [1.165, 1.54) is 90.3 Å². The number of halogens is 2. The number of rotatable bonds is 11. The molecule has 0 bridgehead atoms. The number of hydrogen-bond acceptors (Lipinski definition) is 1. The summed E-state index contributed by atoms with van der Waals surface area (Å²) in [5.74, 6) is 0.769. The van der Waals surface area contributed by atoms with Crippen LogP contribution in [0.5, 0.6) is 0 Å². The molecule has 0 saturated carbocycles. The van der Waals surface area contributed by atoms with Gasteiger partial charge in [0.1, 0.15) is 0 Å². The zero-order valence-corrected chi connectivity index (χ0v) is 16.6. The molecule has 0 unspecified atom stereocenters. The van der Waals surface area contributed by atoms with Crippen molar-refractivity contribution >= 4 is 27.5 Å². The molecule has 1 saturated heterocycles. The maximum Gasteiger partial charge on any atom is 0.0231 e. The number of hydrogen-bond donors (Lipinski definition) is 0. The molecule has 0 atom stereocenters. The Kier molecular flexibility index (Phi) is 19.4. The average molecular weight is 383 g/mol. The molecule has 1 nitrogen and oxygen atoms in total. The van der Waals surface area contributed by atoms with Crippen molar-refractivity contribution in [3.63, 3.8) is 0 Å². The molecule has 1 heterocycles. The van der Waals surface area contributed by atoms with Crippen molar-refractivity contribution in [2.75, 3.05) is 30.8 Å². The molecule has 1 fully saturated rings. The zero-order valence-electron chi connectivity index (χ0n) is 14.2. The highest BCUT2D eigenvalue weighted by atomic mass is 79.9. The van der Waals surface area contributed by atoms with Crippen LogP contribution in [0.25, 0.3) is 0 Å². The Morgan fingerprint density at radius 2 is 1.38 bits per heavy atom. The Hall–Kier alpha value is 0.730. The molecular formula is C18H37BrClN. The van der Waals surface area contributed by atoms with Crippen molar-refractivity contribution in [1.82, 2.24) is 4.90 Å². The fraction of sp³-hybridized carbons (Fsp3) is 1.00. The second-order valence-corrected chi connectivity index (χ2v) is 7.28. The lowest BCUT2D eigenvalue weighted by Crippen LogP contribution is -2.30. The molecule has 0 spiro atoms. The fourth-order valence-corrected chi connectivity index (χ4v) is 3.44. The topological polar surface area (TPSA) is 3.24 Å². The lowest BCUT2D eigenvalue weighted by Gasteiger charge is -2.26. The molecule has 0 aromatic rings. The van der Waals surface area contributed by atoms with E-state index in [2.05, 4.69) is 27.8 Å². The summed E-state index contributed by atoms with van der Waals surface area (Å²) >= 11 is 8.50. The molecule has 21 heavy (non-hydrogen) atoms. The molecule has 1 rings (SSSR count). The minimum Gasteiger partial charge on any atom is -0.303 e. The molecule has 0 aromatic carbocycles. The second kappa shape index (κ2) is 18.8. The van der Waals surface area contributed by atoms with Crippen molar-refractivity contribution in [1.29, 1.82) is 0 Å². The van der Waals surface area contributed by atoms with Gasteiger partial charge in [0.15, 0.2) is 0 Å². The molecule has 1 aliphatic heterocycles. The highest BCUT2D eigenvalue weighted by molar-refractivity contribution is 9.09. The van der Waals surface area contributed by atoms with Gasteiger partial charge in [-0.3, -0.25) is 0 Å². The highest BCUT2D eigenvalue weighted by Gasteiger charge is 2.08. The summed E-state index contributed by atoms with van der Waals surface area (Å²) in [6.45, 7) is 6.40. The van der Waals surface area contributed by atoms with Gasteiger partial charge in [-0.05, 0) is 45.3 Å². The highest BCUT2D eigenvalue weighted by Crippen LogP contribution is 2.12. The summed E-state index contributed by atoms with van der Waals surface area (Å²) in [6, 6.07) is 0. The fourth-order valence-electron chi connectivity index (χ4n) is 2.70. The third-order valence-electron chi connectivity index (χ3n) is 4.04. The van der Waals surface area contributed by atoms with Crippen LogP contribution in [0.4, 0.5) is 0 Å². The molecule has 0 aromatic heterocycles. The van der Waals surface area contributed by atoms with Crippen LogP contribution in [0.3, 0.4) is 0 Å². The van der Waals surface area contributed by atoms with Crippen molar-refractivity contribution in [2.24, 2.45) is 0 Å². The van der Waals surface area contributed by atoms with E-state index in [-0.39, 0.29) is 0 Å². The van der Waals surface area contributed by atoms with Crippen LogP contribution >= 0.6 is 27.5 Å². The first kappa shape index (κ1) is 21.7. The van der Waals surface area contributed by atoms with E-state index in [0.717, 1.165) is 17.6 Å². The first-order valence-electron chi connectivity index (χ1n) is 9.19. The second-order valence-electron chi connectivity index (χ2n) is 6.11. The van der Waals surface area contributed by atoms with E-state index in [9.17, 15) is 0 Å². The Labute approximate surface area is 147 Å². The average Bonchev–Trinajstić information content (AvgIpc) is 2.52. The van der Waals surface area contributed by atoms with Crippen molar-refractivity contribution in [3.8, 4) is 0 Å². The van der Waals surface area contributed by atoms with Gasteiger partial charge in [-0.2, -0.15) is 0 Å². The summed E-state index contributed by atoms with van der Waals surface area (Å²) in [6.07, 6.45) is 17.0. The standard InChI is InChI=1S/C15H31N.C3H6BrCl/c1-2-3-4-5-6-7-8-10-13-16-14-11-9-12-15-16;4-2-1-3-5/h2-15H2,1H3;1-3H2. The zero-order chi connectivity index (χ0) is 15.6. The maximum absolute atomic E-state index is 5.27. The summed E-state index contributed by atoms with van der Waals surface area (Å²) in [4.78, 5) is 2.67. The van der Waals surface area contributed by atoms with Crippen LogP contribution < -0.4 is 0 Å². The number of nitrogens with zero attached hydrogens (tertiary/aromatic N) is 1. The van der Waals surface area contributed by atoms with Crippen LogP contribution in [-0.2, 0) is 0 Å². The summed E-state index contributed by atoms with van der Waals surface area (Å²) in [5, 5.41) is 1.02. The molecule has 0 aliphatic carbocycles. The van der Waals surface area contributed by atoms with E-state index in [1.54, 1.807) is 0 Å². The molecule has 3 heteroatoms. The van der Waals surface area contributed by atoms with Crippen LogP contribution in [0, 0.1) is 0 Å². The first-order valence-corrected chi connectivity index (χ1v) is 10.8. The smallest absolute Gasteiger partial charge is 0.0231 e. The molecule has 0 radical (unpaired) electrons. The van der Waals surface area contributed by atoms with E-state index < -0.39 is 0 Å². The number of alkyl halides is 2. The van der Waals surface area contributed by atoms with E-state index in [1.807, 2.05) is 0 Å². The van der Waals surface area contributed by atoms with E-state index in [4.69, 9.17) is 11.6 Å². The third-order valence-corrected chi connectivity index (χ3v) is 4.87. The van der Waals surface area contributed by atoms with Gasteiger partial charge >= 0.3 is 0 Å². The number of piperidine rings is 1. The Bertz CT molecular complexity index is 182. The van der Waals surface area contributed by atoms with E-state index in [0.29, 0.717) is 0 Å². The predicted molar refractivity (Wildman–Crippen MR) is 102 cm³/mol. The van der Waals surface area contributed by atoms with Crippen LogP contribution in [0.1, 0.15) is 84.0 Å². The van der Waals surface area contributed by atoms with E-state index >= 15 is 0 Å². The Morgan fingerprint density at radius 1 is 0.810 bits per heavy atom. The SMILES string of the molecule is CCCCCCCCCCN1CCCCC1.ClCCCBr. The van der Waals surface area contributed by atoms with Crippen molar-refractivity contribution in [3.05, 3.63) is 0 Å². The van der Waals surface area contributed by atoms with Gasteiger partial charge in [-0.1, -0.05) is 74.2 Å². The molecule has 0 amide bonds. The number of likely N-dealkylation sites (tertiary alicyclic amines) is 1. The van der Waals surface area contributed by atoms with Gasteiger partial charge < -0.3 is 4.90 Å². The van der Waals surface area contributed by atoms with Gasteiger partial charge in [0.25, 0.3) is 0 Å². The molecule has 1 aliphatic rings. The Balaban J connectivity index is 0.000000690. The summed E-state index contributed by atoms with van der Waals surface area (Å²) in [7, 11) is 0. The van der Waals surface area contributed by atoms with Gasteiger partial charge in [-0.15, -0.1) is 11.6 Å².